The highest BCUT2D eigenvalue weighted by atomic mass is 16.3. The topological polar surface area (TPSA) is 63.0 Å². The van der Waals surface area contributed by atoms with Crippen LogP contribution < -0.4 is 10.6 Å². The SMILES string of the molecule is CNc1ncnc(NCc2ccc(C)o2)c1C(C)C. The van der Waals surface area contributed by atoms with E-state index in [2.05, 4.69) is 34.4 Å². The quantitative estimate of drug-likeness (QED) is 0.864. The van der Waals surface area contributed by atoms with Crippen LogP contribution in [0.25, 0.3) is 0 Å². The summed E-state index contributed by atoms with van der Waals surface area (Å²) in [6.07, 6.45) is 1.56. The third-order valence-corrected chi connectivity index (χ3v) is 2.92. The first-order valence-electron chi connectivity index (χ1n) is 6.43. The van der Waals surface area contributed by atoms with E-state index in [4.69, 9.17) is 4.42 Å². The van der Waals surface area contributed by atoms with E-state index in [0.29, 0.717) is 12.5 Å². The van der Waals surface area contributed by atoms with Crippen LogP contribution in [-0.4, -0.2) is 17.0 Å². The van der Waals surface area contributed by atoms with E-state index in [0.717, 1.165) is 28.7 Å². The first kappa shape index (κ1) is 13.4. The lowest BCUT2D eigenvalue weighted by Gasteiger charge is -2.16. The number of furan rings is 1. The van der Waals surface area contributed by atoms with Crippen molar-refractivity contribution in [2.24, 2.45) is 0 Å². The molecule has 5 heteroatoms. The monoisotopic (exact) mass is 260 g/mol. The molecule has 2 aromatic heterocycles. The van der Waals surface area contributed by atoms with E-state index in [1.807, 2.05) is 26.1 Å². The fourth-order valence-corrected chi connectivity index (χ4v) is 2.03. The maximum Gasteiger partial charge on any atom is 0.135 e. The van der Waals surface area contributed by atoms with Crippen molar-refractivity contribution >= 4 is 11.6 Å². The van der Waals surface area contributed by atoms with Gasteiger partial charge in [-0.25, -0.2) is 9.97 Å². The van der Waals surface area contributed by atoms with Crippen LogP contribution in [0, 0.1) is 6.92 Å². The lowest BCUT2D eigenvalue weighted by Crippen LogP contribution is -2.09. The zero-order valence-electron chi connectivity index (χ0n) is 11.8. The van der Waals surface area contributed by atoms with Crippen LogP contribution >= 0.6 is 0 Å². The molecule has 0 unspecified atom stereocenters. The van der Waals surface area contributed by atoms with Gasteiger partial charge in [-0.1, -0.05) is 13.8 Å². The second-order valence-corrected chi connectivity index (χ2v) is 4.76. The molecule has 0 bridgehead atoms. The van der Waals surface area contributed by atoms with Crippen LogP contribution in [0.3, 0.4) is 0 Å². The molecular formula is C14H20N4O. The van der Waals surface area contributed by atoms with E-state index in [9.17, 15) is 0 Å². The minimum atomic E-state index is 0.337. The maximum absolute atomic E-state index is 5.54. The number of nitrogens with one attached hydrogen (secondary N) is 2. The van der Waals surface area contributed by atoms with E-state index >= 15 is 0 Å². The van der Waals surface area contributed by atoms with Gasteiger partial charge in [-0.2, -0.15) is 0 Å². The van der Waals surface area contributed by atoms with Gasteiger partial charge in [-0.15, -0.1) is 0 Å². The summed E-state index contributed by atoms with van der Waals surface area (Å²) < 4.78 is 5.54. The normalized spacial score (nSPS) is 10.8. The minimum absolute atomic E-state index is 0.337. The Bertz CT molecular complexity index is 548. The Morgan fingerprint density at radius 2 is 1.95 bits per heavy atom. The van der Waals surface area contributed by atoms with Crippen molar-refractivity contribution in [3.05, 3.63) is 35.5 Å². The van der Waals surface area contributed by atoms with Gasteiger partial charge in [0.1, 0.15) is 29.5 Å². The van der Waals surface area contributed by atoms with E-state index in [-0.39, 0.29) is 0 Å². The fraction of sp³-hybridized carbons (Fsp3) is 0.429. The summed E-state index contributed by atoms with van der Waals surface area (Å²) in [6.45, 7) is 6.81. The predicted molar refractivity (Wildman–Crippen MR) is 76.4 cm³/mol. The molecule has 2 heterocycles. The Kier molecular flexibility index (Phi) is 4.04. The average Bonchev–Trinajstić information content (AvgIpc) is 2.81. The number of nitrogens with zero attached hydrogens (tertiary/aromatic N) is 2. The molecule has 2 N–H and O–H groups in total. The molecule has 19 heavy (non-hydrogen) atoms. The largest absolute Gasteiger partial charge is 0.465 e. The van der Waals surface area contributed by atoms with Gasteiger partial charge in [0.25, 0.3) is 0 Å². The Morgan fingerprint density at radius 1 is 1.21 bits per heavy atom. The van der Waals surface area contributed by atoms with Gasteiger partial charge in [-0.3, -0.25) is 0 Å². The van der Waals surface area contributed by atoms with Gasteiger partial charge in [0.15, 0.2) is 0 Å². The van der Waals surface area contributed by atoms with Gasteiger partial charge in [0.05, 0.1) is 6.54 Å². The minimum Gasteiger partial charge on any atom is -0.465 e. The molecule has 0 atom stereocenters. The van der Waals surface area contributed by atoms with E-state index < -0.39 is 0 Å². The number of anilines is 2. The van der Waals surface area contributed by atoms with Crippen LogP contribution in [0.4, 0.5) is 11.6 Å². The highest BCUT2D eigenvalue weighted by Crippen LogP contribution is 2.28. The number of rotatable bonds is 5. The molecule has 0 fully saturated rings. The van der Waals surface area contributed by atoms with Crippen molar-refractivity contribution in [1.82, 2.24) is 9.97 Å². The molecule has 5 nitrogen and oxygen atoms in total. The summed E-state index contributed by atoms with van der Waals surface area (Å²) in [6, 6.07) is 3.93. The lowest BCUT2D eigenvalue weighted by molar-refractivity contribution is 0.490. The summed E-state index contributed by atoms with van der Waals surface area (Å²) in [4.78, 5) is 8.58. The second-order valence-electron chi connectivity index (χ2n) is 4.76. The number of hydrogen-bond donors (Lipinski definition) is 2. The molecule has 0 radical (unpaired) electrons. The third kappa shape index (κ3) is 3.05. The fourth-order valence-electron chi connectivity index (χ4n) is 2.03. The number of aryl methyl sites for hydroxylation is 1. The molecule has 2 rings (SSSR count). The van der Waals surface area contributed by atoms with Crippen LogP contribution in [0.1, 0.15) is 36.8 Å². The molecule has 0 aliphatic rings. The molecule has 0 aromatic carbocycles. The Hall–Kier alpha value is -2.04. The average molecular weight is 260 g/mol. The van der Waals surface area contributed by atoms with Crippen molar-refractivity contribution in [1.29, 1.82) is 0 Å². The summed E-state index contributed by atoms with van der Waals surface area (Å²) >= 11 is 0. The van der Waals surface area contributed by atoms with Gasteiger partial charge in [0.2, 0.25) is 0 Å². The summed E-state index contributed by atoms with van der Waals surface area (Å²) in [5.41, 5.74) is 1.09. The molecule has 0 spiro atoms. The van der Waals surface area contributed by atoms with Crippen molar-refractivity contribution in [3.63, 3.8) is 0 Å². The van der Waals surface area contributed by atoms with Gasteiger partial charge in [-0.05, 0) is 25.0 Å². The first-order valence-corrected chi connectivity index (χ1v) is 6.43. The highest BCUT2D eigenvalue weighted by molar-refractivity contribution is 5.58. The van der Waals surface area contributed by atoms with Gasteiger partial charge in [0, 0.05) is 12.6 Å². The summed E-state index contributed by atoms with van der Waals surface area (Å²) in [5, 5.41) is 6.42. The van der Waals surface area contributed by atoms with Gasteiger partial charge < -0.3 is 15.1 Å². The zero-order valence-corrected chi connectivity index (χ0v) is 11.8. The molecule has 2 aromatic rings. The smallest absolute Gasteiger partial charge is 0.135 e. The molecule has 0 amide bonds. The molecule has 0 aliphatic heterocycles. The van der Waals surface area contributed by atoms with Crippen LogP contribution in [0.2, 0.25) is 0 Å². The van der Waals surface area contributed by atoms with Crippen molar-refractivity contribution in [2.45, 2.75) is 33.2 Å². The summed E-state index contributed by atoms with van der Waals surface area (Å²) in [5.74, 6) is 3.87. The maximum atomic E-state index is 5.54. The molecule has 102 valence electrons. The Morgan fingerprint density at radius 3 is 2.53 bits per heavy atom. The number of aromatic nitrogens is 2. The van der Waals surface area contributed by atoms with Gasteiger partial charge >= 0.3 is 0 Å². The molecular weight excluding hydrogens is 240 g/mol. The standard InChI is InChI=1S/C14H20N4O/c1-9(2)12-13(15-4)17-8-18-14(12)16-7-11-6-5-10(3)19-11/h5-6,8-9H,7H2,1-4H3,(H2,15,16,17,18). The zero-order chi connectivity index (χ0) is 13.8. The van der Waals surface area contributed by atoms with Crippen molar-refractivity contribution in [2.75, 3.05) is 17.7 Å². The highest BCUT2D eigenvalue weighted by Gasteiger charge is 2.14. The number of hydrogen-bond acceptors (Lipinski definition) is 5. The second kappa shape index (κ2) is 5.73. The van der Waals surface area contributed by atoms with Crippen LogP contribution in [0.5, 0.6) is 0 Å². The van der Waals surface area contributed by atoms with Crippen LogP contribution in [0.15, 0.2) is 22.9 Å². The Balaban J connectivity index is 2.19. The Labute approximate surface area is 113 Å². The van der Waals surface area contributed by atoms with Crippen molar-refractivity contribution in [3.8, 4) is 0 Å². The van der Waals surface area contributed by atoms with E-state index in [1.165, 1.54) is 0 Å². The van der Waals surface area contributed by atoms with Crippen LogP contribution in [-0.2, 0) is 6.54 Å². The molecule has 0 saturated heterocycles. The first-order chi connectivity index (χ1) is 9.11. The molecule has 0 saturated carbocycles. The van der Waals surface area contributed by atoms with Crippen molar-refractivity contribution < 1.29 is 4.42 Å². The molecule has 0 aliphatic carbocycles. The summed E-state index contributed by atoms with van der Waals surface area (Å²) in [7, 11) is 1.87. The van der Waals surface area contributed by atoms with E-state index in [1.54, 1.807) is 6.33 Å². The predicted octanol–water partition coefficient (Wildman–Crippen LogP) is 3.16. The lowest BCUT2D eigenvalue weighted by atomic mass is 10.0. The third-order valence-electron chi connectivity index (χ3n) is 2.92.